The maximum absolute atomic E-state index is 5.39. The lowest BCUT2D eigenvalue weighted by Gasteiger charge is -2.09. The van der Waals surface area contributed by atoms with Gasteiger partial charge in [0.15, 0.2) is 0 Å². The molecule has 2 aromatic rings. The number of hydrogen-bond donors (Lipinski definition) is 2. The zero-order chi connectivity index (χ0) is 10.8. The molecule has 1 aromatic carbocycles. The Labute approximate surface area is 87.9 Å². The molecule has 0 aliphatic rings. The number of H-pyrrole nitrogens is 1. The molecule has 0 radical (unpaired) electrons. The minimum Gasteiger partial charge on any atom is -0.496 e. The van der Waals surface area contributed by atoms with Gasteiger partial charge >= 0.3 is 0 Å². The number of methoxy groups -OCH3 is 1. The van der Waals surface area contributed by atoms with Crippen molar-refractivity contribution in [3.8, 4) is 5.75 Å². The molecule has 80 valence electrons. The molecular formula is C11H14N2O2. The number of nitrogens with two attached hydrogens (primary N) is 1. The molecule has 0 atom stereocenters. The summed E-state index contributed by atoms with van der Waals surface area (Å²) < 4.78 is 5.39. The van der Waals surface area contributed by atoms with Gasteiger partial charge in [0.25, 0.3) is 0 Å². The highest BCUT2D eigenvalue weighted by atomic mass is 16.6. The van der Waals surface area contributed by atoms with E-state index in [1.54, 1.807) is 7.11 Å². The summed E-state index contributed by atoms with van der Waals surface area (Å²) in [6, 6.07) is 3.95. The van der Waals surface area contributed by atoms with Crippen LogP contribution < -0.4 is 10.6 Å². The summed E-state index contributed by atoms with van der Waals surface area (Å²) >= 11 is 0. The van der Waals surface area contributed by atoms with Gasteiger partial charge in [0.1, 0.15) is 5.75 Å². The standard InChI is InChI=1S/C11H14N2O2/c1-7-5-13-9-4-3-8(6-15-12)11(14-2)10(7)9/h3-5,13H,6,12H2,1-2H3. The van der Waals surface area contributed by atoms with E-state index >= 15 is 0 Å². The van der Waals surface area contributed by atoms with Crippen LogP contribution in [-0.4, -0.2) is 12.1 Å². The highest BCUT2D eigenvalue weighted by Crippen LogP contribution is 2.32. The van der Waals surface area contributed by atoms with E-state index in [0.717, 1.165) is 27.8 Å². The highest BCUT2D eigenvalue weighted by molar-refractivity contribution is 5.90. The second-order valence-electron chi connectivity index (χ2n) is 3.46. The molecule has 2 rings (SSSR count). The Kier molecular flexibility index (Phi) is 2.62. The SMILES string of the molecule is COc1c(CON)ccc2[nH]cc(C)c12. The van der Waals surface area contributed by atoms with E-state index in [2.05, 4.69) is 9.82 Å². The van der Waals surface area contributed by atoms with Gasteiger partial charge in [-0.3, -0.25) is 4.84 Å². The van der Waals surface area contributed by atoms with Crippen molar-refractivity contribution in [2.75, 3.05) is 7.11 Å². The Morgan fingerprint density at radius 2 is 2.20 bits per heavy atom. The first-order chi connectivity index (χ1) is 7.27. The van der Waals surface area contributed by atoms with Gasteiger partial charge in [-0.15, -0.1) is 0 Å². The summed E-state index contributed by atoms with van der Waals surface area (Å²) in [5.74, 6) is 5.91. The van der Waals surface area contributed by atoms with Crippen LogP contribution in [-0.2, 0) is 11.4 Å². The second-order valence-corrected chi connectivity index (χ2v) is 3.46. The van der Waals surface area contributed by atoms with Crippen LogP contribution in [0, 0.1) is 6.92 Å². The molecule has 0 aliphatic heterocycles. The number of aryl methyl sites for hydroxylation is 1. The van der Waals surface area contributed by atoms with Gasteiger partial charge < -0.3 is 9.72 Å². The van der Waals surface area contributed by atoms with Crippen LogP contribution in [0.25, 0.3) is 10.9 Å². The third-order valence-electron chi connectivity index (χ3n) is 2.52. The maximum Gasteiger partial charge on any atom is 0.134 e. The van der Waals surface area contributed by atoms with E-state index in [9.17, 15) is 0 Å². The summed E-state index contributed by atoms with van der Waals surface area (Å²) in [5, 5.41) is 1.09. The first-order valence-corrected chi connectivity index (χ1v) is 4.73. The highest BCUT2D eigenvalue weighted by Gasteiger charge is 2.11. The molecule has 1 aromatic heterocycles. The third kappa shape index (κ3) is 1.58. The van der Waals surface area contributed by atoms with Gasteiger partial charge in [-0.1, -0.05) is 6.07 Å². The number of benzene rings is 1. The maximum atomic E-state index is 5.39. The fraction of sp³-hybridized carbons (Fsp3) is 0.273. The minimum absolute atomic E-state index is 0.351. The number of hydrogen-bond acceptors (Lipinski definition) is 3. The van der Waals surface area contributed by atoms with Crippen molar-refractivity contribution < 1.29 is 9.57 Å². The molecule has 0 saturated heterocycles. The second kappa shape index (κ2) is 3.92. The van der Waals surface area contributed by atoms with Crippen molar-refractivity contribution in [3.05, 3.63) is 29.5 Å². The monoisotopic (exact) mass is 206 g/mol. The predicted octanol–water partition coefficient (Wildman–Crippen LogP) is 1.88. The van der Waals surface area contributed by atoms with Crippen LogP contribution in [0.2, 0.25) is 0 Å². The summed E-state index contributed by atoms with van der Waals surface area (Å²) in [4.78, 5) is 7.83. The summed E-state index contributed by atoms with van der Waals surface area (Å²) in [5.41, 5.74) is 3.17. The van der Waals surface area contributed by atoms with Gasteiger partial charge in [-0.25, -0.2) is 5.90 Å². The summed E-state index contributed by atoms with van der Waals surface area (Å²) in [6.07, 6.45) is 1.96. The quantitative estimate of drug-likeness (QED) is 0.754. The van der Waals surface area contributed by atoms with Crippen molar-refractivity contribution in [3.63, 3.8) is 0 Å². The van der Waals surface area contributed by atoms with Gasteiger partial charge in [-0.05, 0) is 18.6 Å². The third-order valence-corrected chi connectivity index (χ3v) is 2.52. The Hall–Kier alpha value is -1.52. The van der Waals surface area contributed by atoms with E-state index in [4.69, 9.17) is 10.6 Å². The van der Waals surface area contributed by atoms with Crippen LogP contribution in [0.4, 0.5) is 0 Å². The smallest absolute Gasteiger partial charge is 0.134 e. The van der Waals surface area contributed by atoms with E-state index in [1.807, 2.05) is 25.3 Å². The van der Waals surface area contributed by atoms with Crippen molar-refractivity contribution in [2.24, 2.45) is 5.90 Å². The van der Waals surface area contributed by atoms with Gasteiger partial charge in [0, 0.05) is 22.7 Å². The van der Waals surface area contributed by atoms with E-state index in [0.29, 0.717) is 6.61 Å². The number of ether oxygens (including phenoxy) is 1. The van der Waals surface area contributed by atoms with Crippen molar-refractivity contribution in [1.29, 1.82) is 0 Å². The molecule has 0 unspecified atom stereocenters. The first-order valence-electron chi connectivity index (χ1n) is 4.73. The molecule has 0 fully saturated rings. The zero-order valence-electron chi connectivity index (χ0n) is 8.83. The fourth-order valence-electron chi connectivity index (χ4n) is 1.83. The molecule has 0 aliphatic carbocycles. The lowest BCUT2D eigenvalue weighted by Crippen LogP contribution is -2.01. The molecule has 0 bridgehead atoms. The molecule has 0 saturated carbocycles. The Morgan fingerprint density at radius 3 is 2.87 bits per heavy atom. The molecule has 4 heteroatoms. The molecule has 3 N–H and O–H groups in total. The van der Waals surface area contributed by atoms with Crippen LogP contribution >= 0.6 is 0 Å². The largest absolute Gasteiger partial charge is 0.496 e. The lowest BCUT2D eigenvalue weighted by atomic mass is 10.1. The van der Waals surface area contributed by atoms with Crippen LogP contribution in [0.15, 0.2) is 18.3 Å². The zero-order valence-corrected chi connectivity index (χ0v) is 8.83. The molecule has 1 heterocycles. The Balaban J connectivity index is 2.68. The average Bonchev–Trinajstić information content (AvgIpc) is 2.61. The normalized spacial score (nSPS) is 10.9. The molecule has 0 amide bonds. The number of rotatable bonds is 3. The van der Waals surface area contributed by atoms with Gasteiger partial charge in [-0.2, -0.15) is 0 Å². The average molecular weight is 206 g/mol. The minimum atomic E-state index is 0.351. The van der Waals surface area contributed by atoms with Crippen LogP contribution in [0.5, 0.6) is 5.75 Å². The lowest BCUT2D eigenvalue weighted by molar-refractivity contribution is 0.122. The molecule has 0 spiro atoms. The van der Waals surface area contributed by atoms with E-state index in [-0.39, 0.29) is 0 Å². The Morgan fingerprint density at radius 1 is 1.40 bits per heavy atom. The molecule has 4 nitrogen and oxygen atoms in total. The first kappa shape index (κ1) is 10.0. The molecular weight excluding hydrogens is 192 g/mol. The topological polar surface area (TPSA) is 60.3 Å². The van der Waals surface area contributed by atoms with Crippen molar-refractivity contribution in [2.45, 2.75) is 13.5 Å². The summed E-state index contributed by atoms with van der Waals surface area (Å²) in [7, 11) is 1.65. The van der Waals surface area contributed by atoms with Crippen molar-refractivity contribution in [1.82, 2.24) is 4.98 Å². The van der Waals surface area contributed by atoms with Gasteiger partial charge in [0.05, 0.1) is 13.7 Å². The predicted molar refractivity (Wildman–Crippen MR) is 58.6 cm³/mol. The number of aromatic nitrogens is 1. The van der Waals surface area contributed by atoms with E-state index in [1.165, 1.54) is 0 Å². The summed E-state index contributed by atoms with van der Waals surface area (Å²) in [6.45, 7) is 2.39. The Bertz CT molecular complexity index is 477. The van der Waals surface area contributed by atoms with Crippen LogP contribution in [0.3, 0.4) is 0 Å². The van der Waals surface area contributed by atoms with Crippen LogP contribution in [0.1, 0.15) is 11.1 Å². The number of nitrogens with one attached hydrogen (secondary N) is 1. The molecule has 15 heavy (non-hydrogen) atoms. The van der Waals surface area contributed by atoms with Crippen molar-refractivity contribution >= 4 is 10.9 Å². The number of aromatic amines is 1. The van der Waals surface area contributed by atoms with E-state index < -0.39 is 0 Å². The van der Waals surface area contributed by atoms with Gasteiger partial charge in [0.2, 0.25) is 0 Å². The fourth-order valence-corrected chi connectivity index (χ4v) is 1.83. The number of fused-ring (bicyclic) bond motifs is 1.